The van der Waals surface area contributed by atoms with Crippen LogP contribution in [-0.4, -0.2) is 50.8 Å². The Hall–Kier alpha value is -3.86. The summed E-state index contributed by atoms with van der Waals surface area (Å²) in [5.74, 6) is 0.123. The predicted octanol–water partition coefficient (Wildman–Crippen LogP) is 2.83. The third-order valence-corrected chi connectivity index (χ3v) is 6.98. The van der Waals surface area contributed by atoms with Gasteiger partial charge in [0.2, 0.25) is 11.9 Å². The second kappa shape index (κ2) is 9.41. The fourth-order valence-corrected chi connectivity index (χ4v) is 5.48. The molecule has 2 aliphatic rings. The molecule has 5 rings (SSSR count). The number of amides is 2. The second-order valence-electron chi connectivity index (χ2n) is 8.36. The standard InChI is InChI=1S/C24H22FN7O2S/c1-15(33)29-19-7-8-26-20(9-19)24-14-32(22-27-10-18(25)11-28-22)12-17(24)13-35-23(31-24)30-21(34)16-5-3-2-4-6-16/h2-11,17H,12-14H2,1H3,(H,26,29,33)(H,30,31,34)/t17-,24-/m1/s1. The molecule has 2 amide bonds. The van der Waals surface area contributed by atoms with Gasteiger partial charge in [0.15, 0.2) is 11.0 Å². The molecule has 11 heteroatoms. The number of halogens is 1. The van der Waals surface area contributed by atoms with E-state index in [9.17, 15) is 14.0 Å². The van der Waals surface area contributed by atoms with Crippen LogP contribution >= 0.6 is 11.8 Å². The van der Waals surface area contributed by atoms with Gasteiger partial charge in [0.1, 0.15) is 5.54 Å². The largest absolute Gasteiger partial charge is 0.338 e. The van der Waals surface area contributed by atoms with Crippen LogP contribution in [-0.2, 0) is 10.3 Å². The van der Waals surface area contributed by atoms with Crippen molar-refractivity contribution in [1.82, 2.24) is 20.3 Å². The zero-order valence-corrected chi connectivity index (χ0v) is 19.6. The monoisotopic (exact) mass is 491 g/mol. The number of fused-ring (bicyclic) bond motifs is 1. The maximum absolute atomic E-state index is 13.4. The van der Waals surface area contributed by atoms with Gasteiger partial charge in [0.05, 0.1) is 24.6 Å². The van der Waals surface area contributed by atoms with Crippen LogP contribution in [0.15, 0.2) is 66.0 Å². The minimum absolute atomic E-state index is 0.0126. The molecule has 0 aliphatic carbocycles. The van der Waals surface area contributed by atoms with E-state index >= 15 is 0 Å². The number of hydrogen-bond acceptors (Lipinski definition) is 8. The summed E-state index contributed by atoms with van der Waals surface area (Å²) in [4.78, 5) is 44.3. The van der Waals surface area contributed by atoms with E-state index in [1.54, 1.807) is 42.6 Å². The van der Waals surface area contributed by atoms with Crippen molar-refractivity contribution in [3.8, 4) is 0 Å². The Balaban J connectivity index is 1.52. The summed E-state index contributed by atoms with van der Waals surface area (Å²) in [6.45, 7) is 2.40. The number of amidine groups is 1. The van der Waals surface area contributed by atoms with E-state index in [1.165, 1.54) is 18.7 Å². The molecule has 0 spiro atoms. The van der Waals surface area contributed by atoms with Gasteiger partial charge in [0, 0.05) is 42.6 Å². The van der Waals surface area contributed by atoms with Gasteiger partial charge in [-0.2, -0.15) is 0 Å². The zero-order chi connectivity index (χ0) is 24.4. The molecule has 0 unspecified atom stereocenters. The Morgan fingerprint density at radius 1 is 1.11 bits per heavy atom. The first-order chi connectivity index (χ1) is 16.9. The van der Waals surface area contributed by atoms with Gasteiger partial charge in [-0.15, -0.1) is 0 Å². The molecule has 1 saturated heterocycles. The summed E-state index contributed by atoms with van der Waals surface area (Å²) in [6.07, 6.45) is 3.90. The molecule has 1 fully saturated rings. The van der Waals surface area contributed by atoms with Crippen LogP contribution in [0.5, 0.6) is 0 Å². The highest BCUT2D eigenvalue weighted by atomic mass is 32.2. The molecule has 0 saturated carbocycles. The lowest BCUT2D eigenvalue weighted by Crippen LogP contribution is -2.43. The molecule has 2 N–H and O–H groups in total. The molecule has 4 heterocycles. The fraction of sp³-hybridized carbons (Fsp3) is 0.250. The van der Waals surface area contributed by atoms with Gasteiger partial charge in [-0.1, -0.05) is 30.0 Å². The second-order valence-corrected chi connectivity index (χ2v) is 9.37. The minimum Gasteiger partial charge on any atom is -0.338 e. The first-order valence-corrected chi connectivity index (χ1v) is 12.0. The lowest BCUT2D eigenvalue weighted by atomic mass is 9.85. The number of aromatic nitrogens is 3. The van der Waals surface area contributed by atoms with Gasteiger partial charge < -0.3 is 15.5 Å². The molecule has 1 aromatic carbocycles. The van der Waals surface area contributed by atoms with E-state index in [2.05, 4.69) is 25.6 Å². The lowest BCUT2D eigenvalue weighted by Gasteiger charge is -2.34. The fourth-order valence-electron chi connectivity index (χ4n) is 4.35. The Labute approximate surface area is 205 Å². The van der Waals surface area contributed by atoms with Crippen LogP contribution in [0.1, 0.15) is 23.0 Å². The van der Waals surface area contributed by atoms with Gasteiger partial charge in [-0.25, -0.2) is 19.4 Å². The summed E-state index contributed by atoms with van der Waals surface area (Å²) in [7, 11) is 0. The number of hydrogen-bond donors (Lipinski definition) is 2. The molecule has 0 bridgehead atoms. The van der Waals surface area contributed by atoms with E-state index in [4.69, 9.17) is 4.99 Å². The Bertz CT molecular complexity index is 1290. The first-order valence-electron chi connectivity index (χ1n) is 11.0. The number of thioether (sulfide) groups is 1. The van der Waals surface area contributed by atoms with Gasteiger partial charge in [-0.3, -0.25) is 14.6 Å². The zero-order valence-electron chi connectivity index (χ0n) is 18.8. The Kier molecular flexibility index (Phi) is 6.16. The highest BCUT2D eigenvalue weighted by Crippen LogP contribution is 2.46. The molecule has 2 aliphatic heterocycles. The predicted molar refractivity (Wildman–Crippen MR) is 132 cm³/mol. The Morgan fingerprint density at radius 2 is 1.89 bits per heavy atom. The molecular formula is C24H22FN7O2S. The third kappa shape index (κ3) is 4.72. The number of pyridine rings is 1. The quantitative estimate of drug-likeness (QED) is 0.577. The molecule has 178 valence electrons. The molecule has 2 aromatic heterocycles. The van der Waals surface area contributed by atoms with Crippen molar-refractivity contribution in [2.75, 3.05) is 29.1 Å². The normalized spacial score (nSPS) is 21.1. The minimum atomic E-state index is -0.823. The molecule has 2 atom stereocenters. The van der Waals surface area contributed by atoms with Gasteiger partial charge in [0.25, 0.3) is 5.91 Å². The summed E-state index contributed by atoms with van der Waals surface area (Å²) in [6, 6.07) is 12.5. The van der Waals surface area contributed by atoms with Crippen molar-refractivity contribution in [3.63, 3.8) is 0 Å². The van der Waals surface area contributed by atoms with Crippen molar-refractivity contribution < 1.29 is 14.0 Å². The number of nitrogens with zero attached hydrogens (tertiary/aromatic N) is 5. The summed E-state index contributed by atoms with van der Waals surface area (Å²) in [5, 5.41) is 6.21. The van der Waals surface area contributed by atoms with Crippen molar-refractivity contribution >= 4 is 40.4 Å². The van der Waals surface area contributed by atoms with Gasteiger partial charge >= 0.3 is 0 Å². The number of carbonyl (C=O) groups excluding carboxylic acids is 2. The van der Waals surface area contributed by atoms with Crippen LogP contribution in [0, 0.1) is 11.7 Å². The lowest BCUT2D eigenvalue weighted by molar-refractivity contribution is -0.114. The van der Waals surface area contributed by atoms with Gasteiger partial charge in [-0.05, 0) is 24.3 Å². The average Bonchev–Trinajstić information content (AvgIpc) is 3.25. The van der Waals surface area contributed by atoms with E-state index in [0.717, 1.165) is 12.4 Å². The summed E-state index contributed by atoms with van der Waals surface area (Å²) < 4.78 is 13.4. The number of nitrogens with one attached hydrogen (secondary N) is 2. The number of anilines is 2. The smallest absolute Gasteiger partial charge is 0.257 e. The van der Waals surface area contributed by atoms with E-state index < -0.39 is 11.4 Å². The van der Waals surface area contributed by atoms with Crippen LogP contribution in [0.4, 0.5) is 16.0 Å². The molecule has 9 nitrogen and oxygen atoms in total. The highest BCUT2D eigenvalue weighted by molar-refractivity contribution is 8.13. The van der Waals surface area contributed by atoms with Crippen LogP contribution in [0.25, 0.3) is 0 Å². The maximum Gasteiger partial charge on any atom is 0.257 e. The van der Waals surface area contributed by atoms with E-state index in [1.807, 2.05) is 11.0 Å². The van der Waals surface area contributed by atoms with Crippen molar-refractivity contribution in [2.24, 2.45) is 10.9 Å². The molecule has 0 radical (unpaired) electrons. The van der Waals surface area contributed by atoms with Crippen molar-refractivity contribution in [2.45, 2.75) is 12.5 Å². The molecule has 3 aromatic rings. The van der Waals surface area contributed by atoms with E-state index in [-0.39, 0.29) is 17.7 Å². The maximum atomic E-state index is 13.4. The number of benzene rings is 1. The highest BCUT2D eigenvalue weighted by Gasteiger charge is 2.52. The Morgan fingerprint density at radius 3 is 2.63 bits per heavy atom. The molecular weight excluding hydrogens is 469 g/mol. The van der Waals surface area contributed by atoms with Crippen LogP contribution in [0.3, 0.4) is 0 Å². The SMILES string of the molecule is CC(=O)Nc1ccnc([C@@]23CN(c4ncc(F)cn4)C[C@@H]2CSC(NC(=O)c2ccccc2)=N3)c1. The average molecular weight is 492 g/mol. The van der Waals surface area contributed by atoms with Crippen LogP contribution in [0.2, 0.25) is 0 Å². The summed E-state index contributed by atoms with van der Waals surface area (Å²) in [5.41, 5.74) is 0.975. The van der Waals surface area contributed by atoms with Crippen LogP contribution < -0.4 is 15.5 Å². The van der Waals surface area contributed by atoms with E-state index in [0.29, 0.717) is 46.9 Å². The topological polar surface area (TPSA) is 112 Å². The first kappa shape index (κ1) is 22.9. The molecule has 35 heavy (non-hydrogen) atoms. The number of aliphatic imine (C=N–C) groups is 1. The van der Waals surface area contributed by atoms with Crippen molar-refractivity contribution in [3.05, 3.63) is 78.1 Å². The summed E-state index contributed by atoms with van der Waals surface area (Å²) >= 11 is 1.46. The third-order valence-electron chi connectivity index (χ3n) is 5.94. The van der Waals surface area contributed by atoms with Crippen molar-refractivity contribution in [1.29, 1.82) is 0 Å². The number of carbonyl (C=O) groups is 2. The number of rotatable bonds is 4.